The average Bonchev–Trinajstić information content (AvgIpc) is 2.64. The van der Waals surface area contributed by atoms with Gasteiger partial charge in [0.25, 0.3) is 0 Å². The van der Waals surface area contributed by atoms with Crippen LogP contribution in [0.1, 0.15) is 17.5 Å². The molecule has 0 unspecified atom stereocenters. The van der Waals surface area contributed by atoms with Crippen LogP contribution < -0.4 is 0 Å². The minimum absolute atomic E-state index is 0.0991. The zero-order chi connectivity index (χ0) is 17.5. The lowest BCUT2D eigenvalue weighted by atomic mass is 10.1. The number of hydrogen-bond acceptors (Lipinski definition) is 3. The molecule has 1 saturated heterocycles. The summed E-state index contributed by atoms with van der Waals surface area (Å²) in [5.74, 6) is 0.0991. The van der Waals surface area contributed by atoms with Crippen LogP contribution in [-0.4, -0.2) is 50.3 Å². The lowest BCUT2D eigenvalue weighted by Gasteiger charge is -2.34. The Bertz CT molecular complexity index is 740. The van der Waals surface area contributed by atoms with Crippen LogP contribution in [0, 0.1) is 0 Å². The molecular weight excluding hydrogens is 332 g/mol. The topological polar surface area (TPSA) is 40.6 Å². The number of hydrogen-bond donors (Lipinski definition) is 0. The lowest BCUT2D eigenvalue weighted by Crippen LogP contribution is -2.49. The number of nitrogens with zero attached hydrogens (tertiary/aromatic N) is 2. The summed E-state index contributed by atoms with van der Waals surface area (Å²) in [4.78, 5) is 2.37. The predicted molar refractivity (Wildman–Crippen MR) is 102 cm³/mol. The Balaban J connectivity index is 1.43. The highest BCUT2D eigenvalue weighted by Crippen LogP contribution is 2.14. The second kappa shape index (κ2) is 8.61. The fourth-order valence-electron chi connectivity index (χ4n) is 3.26. The molecule has 5 heteroatoms. The highest BCUT2D eigenvalue weighted by molar-refractivity contribution is 7.88. The minimum atomic E-state index is -3.22. The fraction of sp³-hybridized carbons (Fsp3) is 0.400. The molecule has 2 aromatic rings. The lowest BCUT2D eigenvalue weighted by molar-refractivity contribution is 0.186. The number of benzene rings is 2. The van der Waals surface area contributed by atoms with Crippen LogP contribution in [0.5, 0.6) is 0 Å². The maximum Gasteiger partial charge on any atom is 0.218 e. The molecule has 1 aliphatic rings. The Hall–Kier alpha value is -1.69. The van der Waals surface area contributed by atoms with Gasteiger partial charge in [-0.2, -0.15) is 4.31 Å². The largest absolute Gasteiger partial charge is 0.301 e. The van der Waals surface area contributed by atoms with E-state index in [4.69, 9.17) is 0 Å². The molecule has 25 heavy (non-hydrogen) atoms. The van der Waals surface area contributed by atoms with E-state index in [-0.39, 0.29) is 5.75 Å². The van der Waals surface area contributed by atoms with Gasteiger partial charge in [-0.3, -0.25) is 0 Å². The first-order valence-electron chi connectivity index (χ1n) is 8.91. The summed E-state index contributed by atoms with van der Waals surface area (Å²) in [6, 6.07) is 19.9. The van der Waals surface area contributed by atoms with Crippen molar-refractivity contribution < 1.29 is 8.42 Å². The molecule has 3 rings (SSSR count). The quantitative estimate of drug-likeness (QED) is 0.764. The van der Waals surface area contributed by atoms with Crippen molar-refractivity contribution in [3.05, 3.63) is 71.8 Å². The van der Waals surface area contributed by atoms with Crippen LogP contribution in [0.25, 0.3) is 0 Å². The highest BCUT2D eigenvalue weighted by Gasteiger charge is 2.26. The molecule has 0 saturated carbocycles. The molecular formula is C20H26N2O2S. The maximum absolute atomic E-state index is 12.6. The first-order chi connectivity index (χ1) is 12.1. The Morgan fingerprint density at radius 3 is 1.92 bits per heavy atom. The van der Waals surface area contributed by atoms with Crippen molar-refractivity contribution in [1.29, 1.82) is 0 Å². The van der Waals surface area contributed by atoms with Crippen molar-refractivity contribution in [3.8, 4) is 0 Å². The van der Waals surface area contributed by atoms with Gasteiger partial charge in [-0.05, 0) is 30.5 Å². The Morgan fingerprint density at radius 2 is 1.32 bits per heavy atom. The van der Waals surface area contributed by atoms with Crippen LogP contribution in [0.4, 0.5) is 0 Å². The van der Waals surface area contributed by atoms with Crippen molar-refractivity contribution in [1.82, 2.24) is 9.21 Å². The van der Waals surface area contributed by atoms with Gasteiger partial charge in [0.1, 0.15) is 0 Å². The molecule has 0 spiro atoms. The van der Waals surface area contributed by atoms with Crippen molar-refractivity contribution in [2.45, 2.75) is 18.6 Å². The van der Waals surface area contributed by atoms with Gasteiger partial charge >= 0.3 is 0 Å². The van der Waals surface area contributed by atoms with Gasteiger partial charge in [-0.1, -0.05) is 60.7 Å². The van der Waals surface area contributed by atoms with E-state index in [9.17, 15) is 8.42 Å². The van der Waals surface area contributed by atoms with Gasteiger partial charge in [0, 0.05) is 26.2 Å². The van der Waals surface area contributed by atoms with E-state index >= 15 is 0 Å². The predicted octanol–water partition coefficient (Wildman–Crippen LogP) is 2.77. The van der Waals surface area contributed by atoms with Gasteiger partial charge in [0.2, 0.25) is 10.0 Å². The average molecular weight is 359 g/mol. The molecule has 1 heterocycles. The maximum atomic E-state index is 12.6. The summed E-state index contributed by atoms with van der Waals surface area (Å²) in [6.07, 6.45) is 2.19. The van der Waals surface area contributed by atoms with E-state index in [1.165, 1.54) is 5.56 Å². The standard InChI is InChI=1S/C20H26N2O2S/c23-25(24,18-20-10-5-2-6-11-20)22-16-14-21(15-17-22)13-7-12-19-8-3-1-4-9-19/h1-6,8-11H,7,12-18H2. The number of piperazine rings is 1. The van der Waals surface area contributed by atoms with Crippen LogP contribution in [0.3, 0.4) is 0 Å². The Morgan fingerprint density at radius 1 is 0.760 bits per heavy atom. The Kier molecular flexibility index (Phi) is 6.24. The van der Waals surface area contributed by atoms with Crippen molar-refractivity contribution >= 4 is 10.0 Å². The molecule has 0 amide bonds. The van der Waals surface area contributed by atoms with E-state index in [2.05, 4.69) is 29.2 Å². The summed E-state index contributed by atoms with van der Waals surface area (Å²) in [6.45, 7) is 3.87. The van der Waals surface area contributed by atoms with Crippen LogP contribution >= 0.6 is 0 Å². The first kappa shape index (κ1) is 18.1. The zero-order valence-corrected chi connectivity index (χ0v) is 15.4. The third kappa shape index (κ3) is 5.39. The second-order valence-corrected chi connectivity index (χ2v) is 8.54. The van der Waals surface area contributed by atoms with Crippen molar-refractivity contribution in [2.75, 3.05) is 32.7 Å². The molecule has 4 nitrogen and oxygen atoms in total. The molecule has 0 aliphatic carbocycles. The van der Waals surface area contributed by atoms with E-state index in [1.54, 1.807) is 4.31 Å². The highest BCUT2D eigenvalue weighted by atomic mass is 32.2. The fourth-order valence-corrected chi connectivity index (χ4v) is 4.77. The first-order valence-corrected chi connectivity index (χ1v) is 10.5. The summed E-state index contributed by atoms with van der Waals surface area (Å²) < 4.78 is 26.8. The van der Waals surface area contributed by atoms with Crippen LogP contribution in [-0.2, 0) is 22.2 Å². The van der Waals surface area contributed by atoms with Gasteiger partial charge in [0.05, 0.1) is 5.75 Å². The molecule has 0 radical (unpaired) electrons. The van der Waals surface area contributed by atoms with Crippen molar-refractivity contribution in [2.24, 2.45) is 0 Å². The van der Waals surface area contributed by atoms with Crippen LogP contribution in [0.2, 0.25) is 0 Å². The van der Waals surface area contributed by atoms with E-state index in [0.29, 0.717) is 13.1 Å². The molecule has 2 aromatic carbocycles. The summed E-state index contributed by atoms with van der Waals surface area (Å²) in [5, 5.41) is 0. The van der Waals surface area contributed by atoms with E-state index in [0.717, 1.165) is 38.0 Å². The van der Waals surface area contributed by atoms with Gasteiger partial charge in [-0.25, -0.2) is 8.42 Å². The third-order valence-electron chi connectivity index (χ3n) is 4.70. The minimum Gasteiger partial charge on any atom is -0.301 e. The van der Waals surface area contributed by atoms with E-state index < -0.39 is 10.0 Å². The number of aryl methyl sites for hydroxylation is 1. The molecule has 1 fully saturated rings. The third-order valence-corrected chi connectivity index (χ3v) is 6.55. The van der Waals surface area contributed by atoms with Crippen LogP contribution in [0.15, 0.2) is 60.7 Å². The van der Waals surface area contributed by atoms with Crippen molar-refractivity contribution in [3.63, 3.8) is 0 Å². The Labute approximate surface area is 151 Å². The summed E-state index contributed by atoms with van der Waals surface area (Å²) >= 11 is 0. The molecule has 0 N–H and O–H groups in total. The summed E-state index contributed by atoms with van der Waals surface area (Å²) in [7, 11) is -3.22. The molecule has 0 aromatic heterocycles. The van der Waals surface area contributed by atoms with Gasteiger partial charge in [-0.15, -0.1) is 0 Å². The van der Waals surface area contributed by atoms with E-state index in [1.807, 2.05) is 36.4 Å². The second-order valence-electron chi connectivity index (χ2n) is 6.57. The SMILES string of the molecule is O=S(=O)(Cc1ccccc1)N1CCN(CCCc2ccccc2)CC1. The van der Waals surface area contributed by atoms with Gasteiger partial charge in [0.15, 0.2) is 0 Å². The normalized spacial score (nSPS) is 16.8. The smallest absolute Gasteiger partial charge is 0.218 e. The van der Waals surface area contributed by atoms with Gasteiger partial charge < -0.3 is 4.90 Å². The number of rotatable bonds is 7. The molecule has 0 bridgehead atoms. The molecule has 1 aliphatic heterocycles. The monoisotopic (exact) mass is 358 g/mol. The summed E-state index contributed by atoms with van der Waals surface area (Å²) in [5.41, 5.74) is 2.22. The zero-order valence-electron chi connectivity index (χ0n) is 14.5. The number of sulfonamides is 1. The molecule has 134 valence electrons. The molecule has 0 atom stereocenters.